The van der Waals surface area contributed by atoms with Crippen LogP contribution >= 0.6 is 0 Å². The van der Waals surface area contributed by atoms with Gasteiger partial charge in [-0.3, -0.25) is 0 Å². The molecule has 0 unspecified atom stereocenters. The molecule has 0 radical (unpaired) electrons. The van der Waals surface area contributed by atoms with E-state index >= 15 is 0 Å². The van der Waals surface area contributed by atoms with Crippen molar-refractivity contribution in [2.24, 2.45) is 0 Å². The second-order valence-corrected chi connectivity index (χ2v) is 8.43. The number of carboxylic acids is 1. The zero-order valence-electron chi connectivity index (χ0n) is 18.9. The van der Waals surface area contributed by atoms with E-state index in [0.717, 1.165) is 38.9 Å². The Morgan fingerprint density at radius 2 is 1.00 bits per heavy atom. The molecule has 5 aromatic rings. The molecule has 0 bridgehead atoms. The summed E-state index contributed by atoms with van der Waals surface area (Å²) in [5, 5.41) is 9.31. The van der Waals surface area contributed by atoms with Gasteiger partial charge < -0.3 is 5.11 Å². The topological polar surface area (TPSA) is 37.3 Å². The van der Waals surface area contributed by atoms with Gasteiger partial charge in [0.2, 0.25) is 0 Å². The summed E-state index contributed by atoms with van der Waals surface area (Å²) in [5.74, 6) is -0.920. The lowest BCUT2D eigenvalue weighted by atomic mass is 9.84. The van der Waals surface area contributed by atoms with Gasteiger partial charge in [0.25, 0.3) is 0 Å². The second-order valence-electron chi connectivity index (χ2n) is 8.43. The lowest BCUT2D eigenvalue weighted by Crippen LogP contribution is -1.96. The van der Waals surface area contributed by atoms with Crippen LogP contribution in [0.25, 0.3) is 44.5 Å². The van der Waals surface area contributed by atoms with Crippen molar-refractivity contribution in [2.45, 2.75) is 6.92 Å². The maximum absolute atomic E-state index is 11.4. The predicted octanol–water partition coefficient (Wildman–Crippen LogP) is 8.36. The highest BCUT2D eigenvalue weighted by Gasteiger charge is 2.17. The molecular weight excluding hydrogens is 416 g/mol. The molecule has 0 saturated carbocycles. The Labute approximate surface area is 199 Å². The first-order valence-corrected chi connectivity index (χ1v) is 11.3. The van der Waals surface area contributed by atoms with Crippen LogP contribution in [0.15, 0.2) is 121 Å². The van der Waals surface area contributed by atoms with Crippen LogP contribution in [0, 0.1) is 6.92 Å². The number of hydrogen-bond acceptors (Lipinski definition) is 1. The number of hydrogen-bond donors (Lipinski definition) is 1. The first-order valence-electron chi connectivity index (χ1n) is 11.3. The summed E-state index contributed by atoms with van der Waals surface area (Å²) < 4.78 is 0. The lowest BCUT2D eigenvalue weighted by Gasteiger charge is -2.19. The van der Waals surface area contributed by atoms with Crippen LogP contribution < -0.4 is 0 Å². The summed E-state index contributed by atoms with van der Waals surface area (Å²) in [6, 6.07) is 41.0. The fourth-order valence-corrected chi connectivity index (χ4v) is 4.34. The van der Waals surface area contributed by atoms with Gasteiger partial charge in [-0.15, -0.1) is 0 Å². The van der Waals surface area contributed by atoms with Gasteiger partial charge in [-0.1, -0.05) is 103 Å². The summed E-state index contributed by atoms with van der Waals surface area (Å²) in [5.41, 5.74) is 10.4. The molecule has 0 saturated heterocycles. The predicted molar refractivity (Wildman–Crippen MR) is 140 cm³/mol. The molecule has 0 amide bonds. The Morgan fingerprint density at radius 3 is 1.47 bits per heavy atom. The highest BCUT2D eigenvalue weighted by Crippen LogP contribution is 2.43. The molecule has 0 aromatic heterocycles. The van der Waals surface area contributed by atoms with Crippen molar-refractivity contribution in [3.8, 4) is 44.5 Å². The minimum atomic E-state index is -0.920. The van der Waals surface area contributed by atoms with E-state index < -0.39 is 5.97 Å². The zero-order valence-corrected chi connectivity index (χ0v) is 18.9. The Balaban J connectivity index is 1.82. The smallest absolute Gasteiger partial charge is 0.335 e. The third kappa shape index (κ3) is 4.26. The summed E-state index contributed by atoms with van der Waals surface area (Å²) >= 11 is 0. The molecule has 0 aliphatic rings. The van der Waals surface area contributed by atoms with Crippen molar-refractivity contribution in [1.29, 1.82) is 0 Å². The van der Waals surface area contributed by atoms with Crippen molar-refractivity contribution >= 4 is 5.97 Å². The van der Waals surface area contributed by atoms with Gasteiger partial charge in [0.15, 0.2) is 0 Å². The highest BCUT2D eigenvalue weighted by molar-refractivity contribution is 5.98. The van der Waals surface area contributed by atoms with E-state index in [9.17, 15) is 9.90 Å². The standard InChI is InChI=1S/C32H24O2/c1-22-12-14-26(15-13-22)31-29(24-8-4-2-5-9-24)20-28(21-30(31)25-10-6-3-7-11-25)23-16-18-27(19-17-23)32(33)34/h2-21H,1H3,(H,33,34). The van der Waals surface area contributed by atoms with Crippen LogP contribution in [0.4, 0.5) is 0 Å². The Kier molecular flexibility index (Phi) is 5.80. The molecule has 0 spiro atoms. The number of carboxylic acid groups (broad SMARTS) is 1. The minimum absolute atomic E-state index is 0.284. The number of aromatic carboxylic acids is 1. The summed E-state index contributed by atoms with van der Waals surface area (Å²) in [6.07, 6.45) is 0. The quantitative estimate of drug-likeness (QED) is 0.298. The molecule has 0 aliphatic carbocycles. The molecule has 0 fully saturated rings. The molecule has 5 aromatic carbocycles. The Hall–Kier alpha value is -4.43. The summed E-state index contributed by atoms with van der Waals surface area (Å²) in [6.45, 7) is 2.10. The van der Waals surface area contributed by atoms with Gasteiger partial charge in [0.1, 0.15) is 0 Å². The Bertz CT molecular complexity index is 1370. The van der Waals surface area contributed by atoms with Gasteiger partial charge in [-0.2, -0.15) is 0 Å². The highest BCUT2D eigenvalue weighted by atomic mass is 16.4. The molecule has 2 nitrogen and oxygen atoms in total. The van der Waals surface area contributed by atoms with E-state index in [4.69, 9.17) is 0 Å². The van der Waals surface area contributed by atoms with Crippen LogP contribution in [-0.4, -0.2) is 11.1 Å². The average Bonchev–Trinajstić information content (AvgIpc) is 2.89. The lowest BCUT2D eigenvalue weighted by molar-refractivity contribution is 0.0697. The zero-order chi connectivity index (χ0) is 23.5. The maximum Gasteiger partial charge on any atom is 0.335 e. The van der Waals surface area contributed by atoms with Gasteiger partial charge in [0, 0.05) is 0 Å². The average molecular weight is 441 g/mol. The van der Waals surface area contributed by atoms with Crippen molar-refractivity contribution in [2.75, 3.05) is 0 Å². The van der Waals surface area contributed by atoms with Gasteiger partial charge in [0.05, 0.1) is 5.56 Å². The number of carbonyl (C=O) groups is 1. The molecule has 5 rings (SSSR count). The first kappa shape index (κ1) is 21.4. The third-order valence-electron chi connectivity index (χ3n) is 6.11. The fraction of sp³-hybridized carbons (Fsp3) is 0.0312. The monoisotopic (exact) mass is 440 g/mol. The van der Waals surface area contributed by atoms with Crippen LogP contribution in [0.3, 0.4) is 0 Å². The van der Waals surface area contributed by atoms with Crippen molar-refractivity contribution < 1.29 is 9.90 Å². The number of rotatable bonds is 5. The molecular formula is C32H24O2. The van der Waals surface area contributed by atoms with E-state index in [-0.39, 0.29) is 5.56 Å². The normalized spacial score (nSPS) is 10.7. The van der Waals surface area contributed by atoms with Gasteiger partial charge >= 0.3 is 5.97 Å². The van der Waals surface area contributed by atoms with Crippen LogP contribution in [-0.2, 0) is 0 Å². The Morgan fingerprint density at radius 1 is 0.529 bits per heavy atom. The molecule has 1 N–H and O–H groups in total. The van der Waals surface area contributed by atoms with Gasteiger partial charge in [-0.05, 0) is 75.7 Å². The van der Waals surface area contributed by atoms with E-state index in [2.05, 4.69) is 91.9 Å². The largest absolute Gasteiger partial charge is 0.478 e. The fourth-order valence-electron chi connectivity index (χ4n) is 4.34. The van der Waals surface area contributed by atoms with Crippen LogP contribution in [0.2, 0.25) is 0 Å². The third-order valence-corrected chi connectivity index (χ3v) is 6.11. The van der Waals surface area contributed by atoms with Gasteiger partial charge in [-0.25, -0.2) is 4.79 Å². The minimum Gasteiger partial charge on any atom is -0.478 e. The first-order chi connectivity index (χ1) is 16.6. The van der Waals surface area contributed by atoms with E-state index in [0.29, 0.717) is 0 Å². The molecule has 164 valence electrons. The second kappa shape index (κ2) is 9.21. The molecule has 34 heavy (non-hydrogen) atoms. The maximum atomic E-state index is 11.4. The molecule has 0 heterocycles. The van der Waals surface area contributed by atoms with Crippen molar-refractivity contribution in [3.63, 3.8) is 0 Å². The SMILES string of the molecule is Cc1ccc(-c2c(-c3ccccc3)cc(-c3ccc(C(=O)O)cc3)cc2-c2ccccc2)cc1. The molecule has 0 atom stereocenters. The van der Waals surface area contributed by atoms with Crippen molar-refractivity contribution in [3.05, 3.63) is 132 Å². The summed E-state index contributed by atoms with van der Waals surface area (Å²) in [7, 11) is 0. The van der Waals surface area contributed by atoms with E-state index in [1.165, 1.54) is 11.1 Å². The van der Waals surface area contributed by atoms with Crippen LogP contribution in [0.1, 0.15) is 15.9 Å². The number of aryl methyl sites for hydroxylation is 1. The molecule has 2 heteroatoms. The van der Waals surface area contributed by atoms with Crippen LogP contribution in [0.5, 0.6) is 0 Å². The molecule has 0 aliphatic heterocycles. The number of benzene rings is 5. The summed E-state index contributed by atoms with van der Waals surface area (Å²) in [4.78, 5) is 11.4. The van der Waals surface area contributed by atoms with Crippen molar-refractivity contribution in [1.82, 2.24) is 0 Å². The van der Waals surface area contributed by atoms with E-state index in [1.807, 2.05) is 24.3 Å². The van der Waals surface area contributed by atoms with E-state index in [1.54, 1.807) is 12.1 Å².